The first-order valence-electron chi connectivity index (χ1n) is 11.1. The molecule has 0 bridgehead atoms. The van der Waals surface area contributed by atoms with Gasteiger partial charge in [-0.05, 0) is 23.8 Å². The van der Waals surface area contributed by atoms with Crippen LogP contribution in [0.15, 0.2) is 54.6 Å². The zero-order chi connectivity index (χ0) is 26.4. The normalized spacial score (nSPS) is 11.5. The van der Waals surface area contributed by atoms with Gasteiger partial charge in [0, 0.05) is 42.6 Å². The summed E-state index contributed by atoms with van der Waals surface area (Å²) in [4.78, 5) is 36.4. The Labute approximate surface area is 211 Å². The van der Waals surface area contributed by atoms with E-state index in [0.29, 0.717) is 35.2 Å². The van der Waals surface area contributed by atoms with Crippen LogP contribution in [0, 0.1) is 10.1 Å². The van der Waals surface area contributed by atoms with Gasteiger partial charge < -0.3 is 34.9 Å². The van der Waals surface area contributed by atoms with E-state index in [2.05, 4.69) is 16.0 Å². The Bertz CT molecular complexity index is 1320. The van der Waals surface area contributed by atoms with Crippen LogP contribution in [0.5, 0.6) is 23.0 Å². The van der Waals surface area contributed by atoms with Gasteiger partial charge in [-0.2, -0.15) is 0 Å². The minimum absolute atomic E-state index is 0.0699. The summed E-state index contributed by atoms with van der Waals surface area (Å²) < 4.78 is 21.0. The predicted molar refractivity (Wildman–Crippen MR) is 133 cm³/mol. The van der Waals surface area contributed by atoms with Gasteiger partial charge in [0.15, 0.2) is 11.5 Å². The number of hydrogen-bond donors (Lipinski definition) is 3. The van der Waals surface area contributed by atoms with Gasteiger partial charge in [-0.25, -0.2) is 0 Å². The van der Waals surface area contributed by atoms with E-state index < -0.39 is 16.7 Å². The van der Waals surface area contributed by atoms with E-state index >= 15 is 0 Å². The molecule has 3 N–H and O–H groups in total. The van der Waals surface area contributed by atoms with Gasteiger partial charge in [0.2, 0.25) is 12.7 Å². The lowest BCUT2D eigenvalue weighted by Gasteiger charge is -2.13. The van der Waals surface area contributed by atoms with Crippen LogP contribution in [-0.4, -0.2) is 44.3 Å². The van der Waals surface area contributed by atoms with E-state index in [0.717, 1.165) is 11.6 Å². The number of carbonyl (C=O) groups excluding carboxylic acids is 2. The van der Waals surface area contributed by atoms with Crippen molar-refractivity contribution in [3.63, 3.8) is 0 Å². The lowest BCUT2D eigenvalue weighted by atomic mass is 10.1. The summed E-state index contributed by atoms with van der Waals surface area (Å²) in [5.74, 6) is 1.08. The molecule has 0 fully saturated rings. The van der Waals surface area contributed by atoms with Crippen LogP contribution in [0.4, 0.5) is 17.1 Å². The van der Waals surface area contributed by atoms with Crippen LogP contribution >= 0.6 is 0 Å². The Hall–Kier alpha value is -4.84. The molecule has 1 aliphatic rings. The number of rotatable bonds is 10. The molecule has 192 valence electrons. The van der Waals surface area contributed by atoms with Gasteiger partial charge in [0.05, 0.1) is 36.9 Å². The van der Waals surface area contributed by atoms with Gasteiger partial charge >= 0.3 is 0 Å². The molecule has 4 rings (SSSR count). The zero-order valence-corrected chi connectivity index (χ0v) is 20.0. The topological polar surface area (TPSA) is 150 Å². The van der Waals surface area contributed by atoms with Gasteiger partial charge in [-0.1, -0.05) is 6.07 Å². The molecule has 1 heterocycles. The molecule has 3 aromatic carbocycles. The van der Waals surface area contributed by atoms with Crippen LogP contribution in [-0.2, 0) is 11.3 Å². The highest BCUT2D eigenvalue weighted by molar-refractivity contribution is 6.10. The molecule has 2 amide bonds. The molecule has 3 aromatic rings. The molecule has 0 unspecified atom stereocenters. The number of hydrogen-bond acceptors (Lipinski definition) is 9. The van der Waals surface area contributed by atoms with Gasteiger partial charge in [-0.15, -0.1) is 0 Å². The van der Waals surface area contributed by atoms with Crippen molar-refractivity contribution < 1.29 is 33.5 Å². The van der Waals surface area contributed by atoms with Crippen LogP contribution in [0.1, 0.15) is 15.9 Å². The van der Waals surface area contributed by atoms with Gasteiger partial charge in [0.1, 0.15) is 11.5 Å². The van der Waals surface area contributed by atoms with Crippen molar-refractivity contribution in [2.45, 2.75) is 6.54 Å². The third-order valence-corrected chi connectivity index (χ3v) is 5.39. The molecule has 12 nitrogen and oxygen atoms in total. The van der Waals surface area contributed by atoms with E-state index in [9.17, 15) is 19.7 Å². The van der Waals surface area contributed by atoms with E-state index in [-0.39, 0.29) is 30.3 Å². The summed E-state index contributed by atoms with van der Waals surface area (Å²) in [6.07, 6.45) is 0. The van der Waals surface area contributed by atoms with Gasteiger partial charge in [-0.3, -0.25) is 19.7 Å². The molecule has 0 radical (unpaired) electrons. The highest BCUT2D eigenvalue weighted by Crippen LogP contribution is 2.32. The number of methoxy groups -OCH3 is 2. The highest BCUT2D eigenvalue weighted by atomic mass is 16.7. The molecule has 37 heavy (non-hydrogen) atoms. The molecule has 0 aliphatic carbocycles. The summed E-state index contributed by atoms with van der Waals surface area (Å²) >= 11 is 0. The minimum atomic E-state index is -0.664. The zero-order valence-electron chi connectivity index (χ0n) is 20.0. The Morgan fingerprint density at radius 2 is 1.68 bits per heavy atom. The van der Waals surface area contributed by atoms with Crippen molar-refractivity contribution in [3.05, 3.63) is 75.8 Å². The summed E-state index contributed by atoms with van der Waals surface area (Å²) in [5, 5.41) is 19.6. The Kier molecular flexibility index (Phi) is 7.69. The number of amides is 2. The monoisotopic (exact) mass is 508 g/mol. The number of fused-ring (bicyclic) bond motifs is 1. The third kappa shape index (κ3) is 6.24. The second-order valence-electron chi connectivity index (χ2n) is 7.88. The third-order valence-electron chi connectivity index (χ3n) is 5.39. The Morgan fingerprint density at radius 3 is 2.38 bits per heavy atom. The van der Waals surface area contributed by atoms with E-state index in [1.165, 1.54) is 26.4 Å². The fourth-order valence-electron chi connectivity index (χ4n) is 3.59. The number of nitro groups is 1. The van der Waals surface area contributed by atoms with Gasteiger partial charge in [0.25, 0.3) is 11.6 Å². The number of nitro benzene ring substituents is 1. The largest absolute Gasteiger partial charge is 0.497 e. The summed E-state index contributed by atoms with van der Waals surface area (Å²) in [5.41, 5.74) is 0.969. The SMILES string of the molecule is COc1cc(NC(=O)c2cc([N+](=O)[O-])ccc2NC(=O)CNCc2ccc3c(c2)OCO3)cc(OC)c1. The maximum Gasteiger partial charge on any atom is 0.270 e. The molecular formula is C25H24N4O8. The molecule has 0 spiro atoms. The van der Waals surface area contributed by atoms with Crippen LogP contribution in [0.2, 0.25) is 0 Å². The average Bonchev–Trinajstić information content (AvgIpc) is 3.36. The number of nitrogens with zero attached hydrogens (tertiary/aromatic N) is 1. The standard InChI is InChI=1S/C25H24N4O8/c1-34-18-8-16(9-19(11-18)35-2)27-25(31)20-10-17(29(32)33)4-5-21(20)28-24(30)13-26-12-15-3-6-22-23(7-15)37-14-36-22/h3-11,26H,12-14H2,1-2H3,(H,27,31)(H,28,30). The smallest absolute Gasteiger partial charge is 0.270 e. The molecule has 0 atom stereocenters. The van der Waals surface area contributed by atoms with E-state index in [1.807, 2.05) is 12.1 Å². The van der Waals surface area contributed by atoms with Crippen molar-refractivity contribution in [3.8, 4) is 23.0 Å². The van der Waals surface area contributed by atoms with Crippen molar-refractivity contribution in [2.24, 2.45) is 0 Å². The number of nitrogens with one attached hydrogen (secondary N) is 3. The number of non-ortho nitro benzene ring substituents is 1. The lowest BCUT2D eigenvalue weighted by Crippen LogP contribution is -2.28. The fourth-order valence-corrected chi connectivity index (χ4v) is 3.59. The first-order valence-corrected chi connectivity index (χ1v) is 11.1. The molecule has 12 heteroatoms. The first-order chi connectivity index (χ1) is 17.9. The average molecular weight is 508 g/mol. The predicted octanol–water partition coefficient (Wildman–Crippen LogP) is 3.32. The quantitative estimate of drug-likeness (QED) is 0.277. The number of anilines is 2. The van der Waals surface area contributed by atoms with Crippen molar-refractivity contribution >= 4 is 28.9 Å². The Morgan fingerprint density at radius 1 is 0.946 bits per heavy atom. The number of ether oxygens (including phenoxy) is 4. The lowest BCUT2D eigenvalue weighted by molar-refractivity contribution is -0.384. The maximum atomic E-state index is 13.1. The fraction of sp³-hybridized carbons (Fsp3) is 0.200. The van der Waals surface area contributed by atoms with Crippen molar-refractivity contribution in [1.82, 2.24) is 5.32 Å². The van der Waals surface area contributed by atoms with Crippen molar-refractivity contribution in [2.75, 3.05) is 38.2 Å². The number of benzene rings is 3. The molecular weight excluding hydrogens is 484 g/mol. The minimum Gasteiger partial charge on any atom is -0.497 e. The Balaban J connectivity index is 1.45. The second-order valence-corrected chi connectivity index (χ2v) is 7.88. The number of carbonyl (C=O) groups is 2. The molecule has 0 saturated carbocycles. The van der Waals surface area contributed by atoms with E-state index in [4.69, 9.17) is 18.9 Å². The van der Waals surface area contributed by atoms with Crippen LogP contribution in [0.25, 0.3) is 0 Å². The van der Waals surface area contributed by atoms with Crippen LogP contribution < -0.4 is 34.9 Å². The van der Waals surface area contributed by atoms with E-state index in [1.54, 1.807) is 24.3 Å². The molecule has 1 aliphatic heterocycles. The molecule has 0 saturated heterocycles. The molecule has 0 aromatic heterocycles. The van der Waals surface area contributed by atoms with Crippen LogP contribution in [0.3, 0.4) is 0 Å². The second kappa shape index (κ2) is 11.3. The highest BCUT2D eigenvalue weighted by Gasteiger charge is 2.19. The first kappa shape index (κ1) is 25.3. The summed E-state index contributed by atoms with van der Waals surface area (Å²) in [6, 6.07) is 13.8. The maximum absolute atomic E-state index is 13.1. The van der Waals surface area contributed by atoms with Crippen molar-refractivity contribution in [1.29, 1.82) is 0 Å². The summed E-state index contributed by atoms with van der Waals surface area (Å²) in [7, 11) is 2.93. The summed E-state index contributed by atoms with van der Waals surface area (Å²) in [6.45, 7) is 0.486.